The molecule has 2 N–H and O–H groups in total. The fourth-order valence-corrected chi connectivity index (χ4v) is 3.42. The van der Waals surface area contributed by atoms with Crippen LogP contribution in [0.4, 0.5) is 13.9 Å². The number of hydrogen-bond donors (Lipinski definition) is 2. The number of hydrogen-bond acceptors (Lipinski definition) is 4. The first-order chi connectivity index (χ1) is 11.1. The van der Waals surface area contributed by atoms with E-state index in [1.54, 1.807) is 0 Å². The van der Waals surface area contributed by atoms with Crippen molar-refractivity contribution in [2.24, 2.45) is 0 Å². The van der Waals surface area contributed by atoms with Crippen LogP contribution in [0.2, 0.25) is 0 Å². The average molecular weight is 337 g/mol. The molecule has 0 saturated carbocycles. The zero-order valence-electron chi connectivity index (χ0n) is 12.7. The lowest BCUT2D eigenvalue weighted by molar-refractivity contribution is 0.102. The minimum atomic E-state index is -1.13. The standard InChI is InChI=1S/C16H17F2N3OS/c1-9-2-3-11(14(18)13(9)17)15(22)21-16-20-12(8-23-16)10-4-6-19-7-5-10/h2-3,8,10,19H,4-7H2,1H3,(H,20,21,22). The number of carbonyl (C=O) groups is 1. The molecule has 1 fully saturated rings. The summed E-state index contributed by atoms with van der Waals surface area (Å²) in [6.45, 7) is 3.36. The van der Waals surface area contributed by atoms with Crippen molar-refractivity contribution < 1.29 is 13.6 Å². The molecule has 0 atom stereocenters. The van der Waals surface area contributed by atoms with Crippen LogP contribution in [-0.4, -0.2) is 24.0 Å². The Balaban J connectivity index is 1.73. The van der Waals surface area contributed by atoms with E-state index in [4.69, 9.17) is 0 Å². The highest BCUT2D eigenvalue weighted by Crippen LogP contribution is 2.28. The van der Waals surface area contributed by atoms with Gasteiger partial charge in [-0.15, -0.1) is 11.3 Å². The molecule has 2 heterocycles. The number of rotatable bonds is 3. The molecule has 4 nitrogen and oxygen atoms in total. The molecule has 7 heteroatoms. The number of halogens is 2. The molecule has 1 saturated heterocycles. The smallest absolute Gasteiger partial charge is 0.260 e. The van der Waals surface area contributed by atoms with Gasteiger partial charge in [0.05, 0.1) is 11.3 Å². The second-order valence-corrected chi connectivity index (χ2v) is 6.47. The van der Waals surface area contributed by atoms with Crippen molar-refractivity contribution in [3.8, 4) is 0 Å². The van der Waals surface area contributed by atoms with Gasteiger partial charge in [0, 0.05) is 11.3 Å². The fourth-order valence-electron chi connectivity index (χ4n) is 2.63. The molecule has 2 aromatic rings. The number of aryl methyl sites for hydroxylation is 1. The highest BCUT2D eigenvalue weighted by molar-refractivity contribution is 7.14. The fraction of sp³-hybridized carbons (Fsp3) is 0.375. The van der Waals surface area contributed by atoms with E-state index < -0.39 is 17.5 Å². The van der Waals surface area contributed by atoms with Gasteiger partial charge in [-0.3, -0.25) is 10.1 Å². The summed E-state index contributed by atoms with van der Waals surface area (Å²) in [6.07, 6.45) is 2.02. The maximum absolute atomic E-state index is 13.9. The van der Waals surface area contributed by atoms with E-state index >= 15 is 0 Å². The highest BCUT2D eigenvalue weighted by atomic mass is 32.1. The molecule has 0 radical (unpaired) electrons. The summed E-state index contributed by atoms with van der Waals surface area (Å²) >= 11 is 1.30. The largest absolute Gasteiger partial charge is 0.317 e. The summed E-state index contributed by atoms with van der Waals surface area (Å²) in [6, 6.07) is 2.67. The molecule has 1 aliphatic rings. The van der Waals surface area contributed by atoms with Crippen molar-refractivity contribution in [2.75, 3.05) is 18.4 Å². The number of nitrogens with one attached hydrogen (secondary N) is 2. The Hall–Kier alpha value is -1.86. The molecule has 0 spiro atoms. The molecule has 0 unspecified atom stereocenters. The number of carbonyl (C=O) groups excluding carboxylic acids is 1. The number of thiazole rings is 1. The minimum absolute atomic E-state index is 0.168. The molecule has 3 rings (SSSR count). The SMILES string of the molecule is Cc1ccc(C(=O)Nc2nc(C3CCNCC3)cs2)c(F)c1F. The van der Waals surface area contributed by atoms with Gasteiger partial charge in [-0.25, -0.2) is 13.8 Å². The Morgan fingerprint density at radius 1 is 1.30 bits per heavy atom. The van der Waals surface area contributed by atoms with Gasteiger partial charge in [0.2, 0.25) is 0 Å². The van der Waals surface area contributed by atoms with Gasteiger partial charge in [0.1, 0.15) is 0 Å². The van der Waals surface area contributed by atoms with E-state index in [-0.39, 0.29) is 11.1 Å². The Morgan fingerprint density at radius 3 is 2.78 bits per heavy atom. The second kappa shape index (κ2) is 6.72. The molecule has 1 amide bonds. The maximum atomic E-state index is 13.9. The van der Waals surface area contributed by atoms with Gasteiger partial charge in [0.25, 0.3) is 5.91 Å². The van der Waals surface area contributed by atoms with Crippen molar-refractivity contribution in [1.82, 2.24) is 10.3 Å². The molecule has 1 aromatic heterocycles. The number of amides is 1. The summed E-state index contributed by atoms with van der Waals surface area (Å²) in [5, 5.41) is 8.16. The normalized spacial score (nSPS) is 15.6. The van der Waals surface area contributed by atoms with E-state index in [0.29, 0.717) is 11.0 Å². The zero-order chi connectivity index (χ0) is 16.4. The molecule has 0 bridgehead atoms. The Morgan fingerprint density at radius 2 is 2.04 bits per heavy atom. The number of benzene rings is 1. The third kappa shape index (κ3) is 3.40. The number of anilines is 1. The van der Waals surface area contributed by atoms with E-state index in [2.05, 4.69) is 15.6 Å². The van der Waals surface area contributed by atoms with Crippen LogP contribution < -0.4 is 10.6 Å². The van der Waals surface area contributed by atoms with Crippen LogP contribution in [0, 0.1) is 18.6 Å². The topological polar surface area (TPSA) is 54.0 Å². The third-order valence-corrected chi connectivity index (χ3v) is 4.80. The number of nitrogens with zero attached hydrogens (tertiary/aromatic N) is 1. The molecule has 0 aliphatic carbocycles. The first kappa shape index (κ1) is 16.0. The second-order valence-electron chi connectivity index (χ2n) is 5.61. The quantitative estimate of drug-likeness (QED) is 0.902. The van der Waals surface area contributed by atoms with Crippen molar-refractivity contribution >= 4 is 22.4 Å². The number of piperidine rings is 1. The van der Waals surface area contributed by atoms with E-state index in [1.165, 1.54) is 30.4 Å². The molecular formula is C16H17F2N3OS. The van der Waals surface area contributed by atoms with Crippen molar-refractivity contribution in [3.05, 3.63) is 46.0 Å². The molecule has 23 heavy (non-hydrogen) atoms. The van der Waals surface area contributed by atoms with E-state index in [0.717, 1.165) is 31.6 Å². The van der Waals surface area contributed by atoms with Crippen LogP contribution in [0.5, 0.6) is 0 Å². The van der Waals surface area contributed by atoms with Crippen LogP contribution in [-0.2, 0) is 0 Å². The van der Waals surface area contributed by atoms with Crippen LogP contribution in [0.1, 0.15) is 40.4 Å². The summed E-state index contributed by atoms with van der Waals surface area (Å²) in [7, 11) is 0. The van der Waals surface area contributed by atoms with Crippen LogP contribution in [0.15, 0.2) is 17.5 Å². The minimum Gasteiger partial charge on any atom is -0.317 e. The van der Waals surface area contributed by atoms with Crippen LogP contribution in [0.25, 0.3) is 0 Å². The summed E-state index contributed by atoms with van der Waals surface area (Å²) in [5.41, 5.74) is 0.801. The van der Waals surface area contributed by atoms with Crippen molar-refractivity contribution in [2.45, 2.75) is 25.7 Å². The summed E-state index contributed by atoms with van der Waals surface area (Å²) < 4.78 is 27.4. The van der Waals surface area contributed by atoms with Crippen LogP contribution >= 0.6 is 11.3 Å². The molecular weight excluding hydrogens is 320 g/mol. The Bertz CT molecular complexity index is 726. The first-order valence-electron chi connectivity index (χ1n) is 7.48. The lowest BCUT2D eigenvalue weighted by Crippen LogP contribution is -2.26. The lowest BCUT2D eigenvalue weighted by atomic mass is 9.96. The number of aromatic nitrogens is 1. The Kier molecular flexibility index (Phi) is 4.68. The average Bonchev–Trinajstić information content (AvgIpc) is 3.02. The van der Waals surface area contributed by atoms with E-state index in [9.17, 15) is 13.6 Å². The van der Waals surface area contributed by atoms with Gasteiger partial charge in [-0.05, 0) is 44.5 Å². The van der Waals surface area contributed by atoms with Crippen molar-refractivity contribution in [3.63, 3.8) is 0 Å². The van der Waals surface area contributed by atoms with Crippen LogP contribution in [0.3, 0.4) is 0 Å². The molecule has 1 aliphatic heterocycles. The monoisotopic (exact) mass is 337 g/mol. The third-order valence-electron chi connectivity index (χ3n) is 4.02. The maximum Gasteiger partial charge on any atom is 0.260 e. The van der Waals surface area contributed by atoms with Crippen molar-refractivity contribution in [1.29, 1.82) is 0 Å². The van der Waals surface area contributed by atoms with Gasteiger partial charge in [-0.2, -0.15) is 0 Å². The molecule has 122 valence electrons. The van der Waals surface area contributed by atoms with Gasteiger partial charge < -0.3 is 5.32 Å². The summed E-state index contributed by atoms with van der Waals surface area (Å²) in [5.74, 6) is -2.43. The van der Waals surface area contributed by atoms with E-state index in [1.807, 2.05) is 5.38 Å². The highest BCUT2D eigenvalue weighted by Gasteiger charge is 2.21. The van der Waals surface area contributed by atoms with Gasteiger partial charge in [-0.1, -0.05) is 6.07 Å². The summed E-state index contributed by atoms with van der Waals surface area (Å²) in [4.78, 5) is 16.5. The predicted octanol–water partition coefficient (Wildman–Crippen LogP) is 3.45. The van der Waals surface area contributed by atoms with Gasteiger partial charge in [0.15, 0.2) is 16.8 Å². The molecule has 1 aromatic carbocycles. The van der Waals surface area contributed by atoms with Gasteiger partial charge >= 0.3 is 0 Å². The predicted molar refractivity (Wildman–Crippen MR) is 86.0 cm³/mol. The first-order valence-corrected chi connectivity index (χ1v) is 8.36. The zero-order valence-corrected chi connectivity index (χ0v) is 13.5. The lowest BCUT2D eigenvalue weighted by Gasteiger charge is -2.20. The Labute approximate surface area is 136 Å².